The van der Waals surface area contributed by atoms with Gasteiger partial charge in [-0.2, -0.15) is 5.10 Å². The summed E-state index contributed by atoms with van der Waals surface area (Å²) in [6.45, 7) is 3.96. The Bertz CT molecular complexity index is 684. The molecule has 0 saturated carbocycles. The van der Waals surface area contributed by atoms with Crippen molar-refractivity contribution in [3.8, 4) is 0 Å². The Morgan fingerprint density at radius 1 is 1.38 bits per heavy atom. The molecule has 2 N–H and O–H groups in total. The fourth-order valence-corrected chi connectivity index (χ4v) is 2.24. The number of hydrogen-bond donors (Lipinski definition) is 2. The Kier molecular flexibility index (Phi) is 4.11. The third-order valence-electron chi connectivity index (χ3n) is 3.45. The van der Waals surface area contributed by atoms with Gasteiger partial charge in [0.25, 0.3) is 5.91 Å². The topological polar surface area (TPSA) is 89.2 Å². The molecule has 7 heteroatoms. The van der Waals surface area contributed by atoms with Crippen molar-refractivity contribution in [1.82, 2.24) is 19.7 Å². The van der Waals surface area contributed by atoms with Crippen molar-refractivity contribution in [3.63, 3.8) is 0 Å². The lowest BCUT2D eigenvalue weighted by molar-refractivity contribution is -0.137. The monoisotopic (exact) mass is 290 g/mol. The van der Waals surface area contributed by atoms with E-state index in [0.29, 0.717) is 12.2 Å². The molecular formula is C14H18N4O3. The Hall–Kier alpha value is -2.57. The summed E-state index contributed by atoms with van der Waals surface area (Å²) in [6, 6.07) is 3.25. The van der Waals surface area contributed by atoms with Crippen LogP contribution in [0.2, 0.25) is 0 Å². The van der Waals surface area contributed by atoms with E-state index >= 15 is 0 Å². The summed E-state index contributed by atoms with van der Waals surface area (Å²) < 4.78 is 3.17. The molecule has 0 aliphatic rings. The molecule has 1 amide bonds. The molecule has 112 valence electrons. The highest BCUT2D eigenvalue weighted by Gasteiger charge is 2.14. The molecule has 2 heterocycles. The zero-order valence-corrected chi connectivity index (χ0v) is 12.3. The van der Waals surface area contributed by atoms with E-state index < -0.39 is 5.97 Å². The minimum absolute atomic E-state index is 0.235. The molecule has 0 radical (unpaired) electrons. The average Bonchev–Trinajstić information content (AvgIpc) is 2.93. The minimum Gasteiger partial charge on any atom is -0.480 e. The third kappa shape index (κ3) is 3.13. The van der Waals surface area contributed by atoms with Crippen molar-refractivity contribution in [3.05, 3.63) is 41.0 Å². The summed E-state index contributed by atoms with van der Waals surface area (Å²) in [5, 5.41) is 15.9. The standard InChI is InChI=1S/C14H18N4O3/c1-9-11(10(2)17(3)16-9)7-15-14(21)12-5-4-6-18(12)8-13(19)20/h4-6H,7-8H2,1-3H3,(H,15,21)(H,19,20). The number of carboxylic acid groups (broad SMARTS) is 1. The van der Waals surface area contributed by atoms with Gasteiger partial charge in [0.1, 0.15) is 12.2 Å². The molecule has 2 aromatic heterocycles. The first-order chi connectivity index (χ1) is 9.90. The van der Waals surface area contributed by atoms with Gasteiger partial charge in [-0.3, -0.25) is 14.3 Å². The first-order valence-electron chi connectivity index (χ1n) is 6.54. The predicted octanol–water partition coefficient (Wildman–Crippen LogP) is 0.853. The molecule has 0 aromatic carbocycles. The molecule has 0 unspecified atom stereocenters. The Labute approximate surface area is 122 Å². The van der Waals surface area contributed by atoms with Crippen LogP contribution in [0.4, 0.5) is 0 Å². The van der Waals surface area contributed by atoms with Crippen LogP contribution in [0.25, 0.3) is 0 Å². The second kappa shape index (κ2) is 5.82. The fraction of sp³-hybridized carbons (Fsp3) is 0.357. The van der Waals surface area contributed by atoms with Crippen LogP contribution in [0.5, 0.6) is 0 Å². The van der Waals surface area contributed by atoms with Crippen molar-refractivity contribution in [2.24, 2.45) is 7.05 Å². The highest BCUT2D eigenvalue weighted by molar-refractivity contribution is 5.93. The van der Waals surface area contributed by atoms with E-state index in [2.05, 4.69) is 10.4 Å². The summed E-state index contributed by atoms with van der Waals surface area (Å²) >= 11 is 0. The van der Waals surface area contributed by atoms with Crippen molar-refractivity contribution < 1.29 is 14.7 Å². The number of aliphatic carboxylic acids is 1. The van der Waals surface area contributed by atoms with Gasteiger partial charge in [0.15, 0.2) is 0 Å². The number of amides is 1. The summed E-state index contributed by atoms with van der Waals surface area (Å²) in [4.78, 5) is 22.9. The molecule has 7 nitrogen and oxygen atoms in total. The van der Waals surface area contributed by atoms with Crippen LogP contribution >= 0.6 is 0 Å². The third-order valence-corrected chi connectivity index (χ3v) is 3.45. The number of rotatable bonds is 5. The second-order valence-electron chi connectivity index (χ2n) is 4.87. The lowest BCUT2D eigenvalue weighted by atomic mass is 10.2. The van der Waals surface area contributed by atoms with Crippen LogP contribution < -0.4 is 5.32 Å². The molecule has 0 aliphatic carbocycles. The number of nitrogens with one attached hydrogen (secondary N) is 1. The molecule has 2 aromatic rings. The molecule has 0 bridgehead atoms. The molecule has 21 heavy (non-hydrogen) atoms. The summed E-state index contributed by atoms with van der Waals surface area (Å²) in [7, 11) is 1.85. The van der Waals surface area contributed by atoms with Crippen LogP contribution in [0, 0.1) is 13.8 Å². The lowest BCUT2D eigenvalue weighted by Crippen LogP contribution is -2.26. The molecule has 0 saturated heterocycles. The predicted molar refractivity (Wildman–Crippen MR) is 75.9 cm³/mol. The quantitative estimate of drug-likeness (QED) is 0.854. The summed E-state index contributed by atoms with van der Waals surface area (Å²) in [5.41, 5.74) is 3.17. The highest BCUT2D eigenvalue weighted by atomic mass is 16.4. The van der Waals surface area contributed by atoms with E-state index in [4.69, 9.17) is 5.11 Å². The Morgan fingerprint density at radius 2 is 2.10 bits per heavy atom. The van der Waals surface area contributed by atoms with Crippen molar-refractivity contribution in [1.29, 1.82) is 0 Å². The summed E-state index contributed by atoms with van der Waals surface area (Å²) in [5.74, 6) is -1.29. The number of carbonyl (C=O) groups is 2. The van der Waals surface area contributed by atoms with E-state index in [1.54, 1.807) is 23.0 Å². The number of carboxylic acids is 1. The van der Waals surface area contributed by atoms with Gasteiger partial charge in [0, 0.05) is 31.0 Å². The first-order valence-corrected chi connectivity index (χ1v) is 6.54. The Morgan fingerprint density at radius 3 is 2.67 bits per heavy atom. The lowest BCUT2D eigenvalue weighted by Gasteiger charge is -2.08. The fourth-order valence-electron chi connectivity index (χ4n) is 2.24. The van der Waals surface area contributed by atoms with Gasteiger partial charge in [0.2, 0.25) is 0 Å². The highest BCUT2D eigenvalue weighted by Crippen LogP contribution is 2.12. The molecule has 0 aliphatic heterocycles. The van der Waals surface area contributed by atoms with Gasteiger partial charge < -0.3 is 15.0 Å². The number of carbonyl (C=O) groups excluding carboxylic acids is 1. The zero-order chi connectivity index (χ0) is 15.6. The maximum atomic E-state index is 12.2. The van der Waals surface area contributed by atoms with Crippen LogP contribution in [0.3, 0.4) is 0 Å². The van der Waals surface area contributed by atoms with E-state index in [0.717, 1.165) is 17.0 Å². The largest absolute Gasteiger partial charge is 0.480 e. The minimum atomic E-state index is -0.987. The van der Waals surface area contributed by atoms with Gasteiger partial charge in [-0.1, -0.05) is 0 Å². The first kappa shape index (κ1) is 14.8. The van der Waals surface area contributed by atoms with Gasteiger partial charge >= 0.3 is 5.97 Å². The van der Waals surface area contributed by atoms with E-state index in [-0.39, 0.29) is 12.5 Å². The molecule has 2 rings (SSSR count). The number of nitrogens with zero attached hydrogens (tertiary/aromatic N) is 3. The van der Waals surface area contributed by atoms with Gasteiger partial charge in [-0.25, -0.2) is 0 Å². The normalized spacial score (nSPS) is 10.6. The van der Waals surface area contributed by atoms with Crippen LogP contribution in [-0.2, 0) is 24.9 Å². The van der Waals surface area contributed by atoms with Gasteiger partial charge in [-0.15, -0.1) is 0 Å². The van der Waals surface area contributed by atoms with E-state index in [1.807, 2.05) is 20.9 Å². The van der Waals surface area contributed by atoms with Crippen LogP contribution in [0.15, 0.2) is 18.3 Å². The second-order valence-corrected chi connectivity index (χ2v) is 4.87. The van der Waals surface area contributed by atoms with Crippen LogP contribution in [0.1, 0.15) is 27.4 Å². The molecule has 0 atom stereocenters. The number of hydrogen-bond acceptors (Lipinski definition) is 3. The van der Waals surface area contributed by atoms with Crippen molar-refractivity contribution in [2.45, 2.75) is 26.9 Å². The molecule has 0 spiro atoms. The number of aryl methyl sites for hydroxylation is 2. The van der Waals surface area contributed by atoms with Crippen molar-refractivity contribution in [2.75, 3.05) is 0 Å². The SMILES string of the molecule is Cc1nn(C)c(C)c1CNC(=O)c1cccn1CC(=O)O. The van der Waals surface area contributed by atoms with E-state index in [9.17, 15) is 9.59 Å². The van der Waals surface area contributed by atoms with Gasteiger partial charge in [-0.05, 0) is 26.0 Å². The van der Waals surface area contributed by atoms with Crippen LogP contribution in [-0.4, -0.2) is 31.3 Å². The molecule has 0 fully saturated rings. The molecular weight excluding hydrogens is 272 g/mol. The number of aromatic nitrogens is 3. The van der Waals surface area contributed by atoms with Gasteiger partial charge in [0.05, 0.1) is 5.69 Å². The smallest absolute Gasteiger partial charge is 0.323 e. The summed E-state index contributed by atoms with van der Waals surface area (Å²) in [6.07, 6.45) is 1.57. The maximum absolute atomic E-state index is 12.2. The Balaban J connectivity index is 2.09. The van der Waals surface area contributed by atoms with Crippen molar-refractivity contribution >= 4 is 11.9 Å². The maximum Gasteiger partial charge on any atom is 0.323 e. The zero-order valence-electron chi connectivity index (χ0n) is 12.3. The van der Waals surface area contributed by atoms with E-state index in [1.165, 1.54) is 4.57 Å². The average molecular weight is 290 g/mol.